The van der Waals surface area contributed by atoms with Gasteiger partial charge in [-0.1, -0.05) is 0 Å². The fourth-order valence-corrected chi connectivity index (χ4v) is 1.67. The molecule has 1 saturated carbocycles. The molecule has 1 heterocycles. The molecule has 5 heteroatoms. The van der Waals surface area contributed by atoms with Crippen molar-refractivity contribution in [3.05, 3.63) is 17.7 Å². The first-order valence-electron chi connectivity index (χ1n) is 4.57. The van der Waals surface area contributed by atoms with Gasteiger partial charge in [0.2, 0.25) is 0 Å². The predicted octanol–water partition coefficient (Wildman–Crippen LogP) is 2.77. The van der Waals surface area contributed by atoms with Crippen LogP contribution < -0.4 is 0 Å². The number of nitrogens with zero attached hydrogens (tertiary/aromatic N) is 1. The molecule has 0 radical (unpaired) electrons. The summed E-state index contributed by atoms with van der Waals surface area (Å²) in [5.41, 5.74) is 0.606. The van der Waals surface area contributed by atoms with Gasteiger partial charge >= 0.3 is 6.18 Å². The summed E-state index contributed by atoms with van der Waals surface area (Å²) in [6, 6.07) is 0. The normalized spacial score (nSPS) is 19.7. The summed E-state index contributed by atoms with van der Waals surface area (Å²) in [6.07, 6.45) is -1.35. The van der Waals surface area contributed by atoms with E-state index in [4.69, 9.17) is 0 Å². The van der Waals surface area contributed by atoms with Crippen molar-refractivity contribution in [2.24, 2.45) is 5.92 Å². The van der Waals surface area contributed by atoms with E-state index in [0.717, 1.165) is 0 Å². The van der Waals surface area contributed by atoms with E-state index in [1.807, 2.05) is 0 Å². The summed E-state index contributed by atoms with van der Waals surface area (Å²) in [5.74, 6) is -1.59. The zero-order valence-corrected chi connectivity index (χ0v) is 7.73. The average molecular weight is 204 g/mol. The topological polar surface area (TPSA) is 28.7 Å². The number of aromatic amines is 1. The Labute approximate surface area is 79.5 Å². The first kappa shape index (κ1) is 9.55. The average Bonchev–Trinajstić information content (AvgIpc) is 2.74. The van der Waals surface area contributed by atoms with Crippen molar-refractivity contribution < 1.29 is 13.2 Å². The van der Waals surface area contributed by atoms with E-state index in [-0.39, 0.29) is 11.7 Å². The van der Waals surface area contributed by atoms with Crippen molar-refractivity contribution in [2.45, 2.75) is 31.9 Å². The molecule has 2 rings (SSSR count). The molecular weight excluding hydrogens is 193 g/mol. The van der Waals surface area contributed by atoms with Crippen LogP contribution in [0.25, 0.3) is 0 Å². The fraction of sp³-hybridized carbons (Fsp3) is 0.667. The SMILES string of the molecule is Cc1c[nH]c(C(C2CC2)C(F)(F)F)n1. The zero-order chi connectivity index (χ0) is 10.3. The van der Waals surface area contributed by atoms with Crippen molar-refractivity contribution in [3.63, 3.8) is 0 Å². The highest BCUT2D eigenvalue weighted by atomic mass is 19.4. The summed E-state index contributed by atoms with van der Waals surface area (Å²) in [7, 11) is 0. The third kappa shape index (κ3) is 1.76. The lowest BCUT2D eigenvalue weighted by atomic mass is 10.0. The van der Waals surface area contributed by atoms with Gasteiger partial charge in [-0.3, -0.25) is 0 Å². The van der Waals surface area contributed by atoms with Crippen molar-refractivity contribution in [2.75, 3.05) is 0 Å². The van der Waals surface area contributed by atoms with Gasteiger partial charge in [-0.15, -0.1) is 0 Å². The maximum atomic E-state index is 12.6. The summed E-state index contributed by atoms with van der Waals surface area (Å²) < 4.78 is 37.9. The number of aromatic nitrogens is 2. The number of imidazole rings is 1. The van der Waals surface area contributed by atoms with Gasteiger partial charge in [0, 0.05) is 6.20 Å². The quantitative estimate of drug-likeness (QED) is 0.788. The van der Waals surface area contributed by atoms with Crippen LogP contribution in [0.1, 0.15) is 30.3 Å². The van der Waals surface area contributed by atoms with Crippen LogP contribution in [0.2, 0.25) is 0 Å². The number of rotatable bonds is 2. The minimum atomic E-state index is -4.18. The summed E-state index contributed by atoms with van der Waals surface area (Å²) in [6.45, 7) is 1.68. The van der Waals surface area contributed by atoms with Gasteiger partial charge in [0.05, 0.1) is 5.69 Å². The van der Waals surface area contributed by atoms with Crippen LogP contribution in [-0.2, 0) is 0 Å². The Morgan fingerprint density at radius 2 is 2.14 bits per heavy atom. The van der Waals surface area contributed by atoms with Crippen LogP contribution in [0.4, 0.5) is 13.2 Å². The zero-order valence-electron chi connectivity index (χ0n) is 7.73. The Kier molecular flexibility index (Phi) is 2.05. The van der Waals surface area contributed by atoms with Gasteiger partial charge in [0.1, 0.15) is 11.7 Å². The molecule has 0 amide bonds. The molecule has 1 atom stereocenters. The van der Waals surface area contributed by atoms with Crippen LogP contribution in [0.3, 0.4) is 0 Å². The summed E-state index contributed by atoms with van der Waals surface area (Å²) in [4.78, 5) is 6.47. The minimum absolute atomic E-state index is 0.0671. The van der Waals surface area contributed by atoms with E-state index in [9.17, 15) is 13.2 Å². The maximum absolute atomic E-state index is 12.6. The third-order valence-electron chi connectivity index (χ3n) is 2.47. The van der Waals surface area contributed by atoms with E-state index in [1.165, 1.54) is 6.20 Å². The molecule has 2 nitrogen and oxygen atoms in total. The van der Waals surface area contributed by atoms with Crippen LogP contribution in [0.15, 0.2) is 6.20 Å². The van der Waals surface area contributed by atoms with Gasteiger partial charge in [0.15, 0.2) is 0 Å². The van der Waals surface area contributed by atoms with E-state index >= 15 is 0 Å². The molecule has 1 aromatic heterocycles. The third-order valence-corrected chi connectivity index (χ3v) is 2.47. The molecule has 0 saturated heterocycles. The van der Waals surface area contributed by atoms with Gasteiger partial charge in [-0.2, -0.15) is 13.2 Å². The first-order valence-corrected chi connectivity index (χ1v) is 4.57. The summed E-state index contributed by atoms with van der Waals surface area (Å²) in [5, 5.41) is 0. The monoisotopic (exact) mass is 204 g/mol. The molecule has 1 aromatic rings. The lowest BCUT2D eigenvalue weighted by molar-refractivity contribution is -0.156. The lowest BCUT2D eigenvalue weighted by Crippen LogP contribution is -2.23. The molecule has 1 aliphatic carbocycles. The number of H-pyrrole nitrogens is 1. The highest BCUT2D eigenvalue weighted by molar-refractivity contribution is 5.10. The van der Waals surface area contributed by atoms with E-state index < -0.39 is 12.1 Å². The number of halogens is 3. The van der Waals surface area contributed by atoms with Crippen LogP contribution >= 0.6 is 0 Å². The Morgan fingerprint density at radius 1 is 1.50 bits per heavy atom. The van der Waals surface area contributed by atoms with Crippen LogP contribution in [0.5, 0.6) is 0 Å². The molecule has 1 N–H and O–H groups in total. The van der Waals surface area contributed by atoms with E-state index in [2.05, 4.69) is 9.97 Å². The van der Waals surface area contributed by atoms with Crippen molar-refractivity contribution >= 4 is 0 Å². The molecule has 78 valence electrons. The van der Waals surface area contributed by atoms with Gasteiger partial charge < -0.3 is 4.98 Å². The smallest absolute Gasteiger partial charge is 0.348 e. The second kappa shape index (κ2) is 3.00. The molecule has 0 spiro atoms. The molecule has 0 aromatic carbocycles. The Balaban J connectivity index is 2.27. The highest BCUT2D eigenvalue weighted by Crippen LogP contribution is 2.49. The fourth-order valence-electron chi connectivity index (χ4n) is 1.67. The minimum Gasteiger partial charge on any atom is -0.348 e. The van der Waals surface area contributed by atoms with Crippen molar-refractivity contribution in [1.29, 1.82) is 0 Å². The van der Waals surface area contributed by atoms with Crippen molar-refractivity contribution in [1.82, 2.24) is 9.97 Å². The molecule has 0 bridgehead atoms. The number of nitrogens with one attached hydrogen (secondary N) is 1. The Hall–Kier alpha value is -1.00. The number of aryl methyl sites for hydroxylation is 1. The van der Waals surface area contributed by atoms with Crippen LogP contribution in [0, 0.1) is 12.8 Å². The second-order valence-corrected chi connectivity index (χ2v) is 3.78. The second-order valence-electron chi connectivity index (χ2n) is 3.78. The Morgan fingerprint density at radius 3 is 2.50 bits per heavy atom. The van der Waals surface area contributed by atoms with Gasteiger partial charge in [-0.25, -0.2) is 4.98 Å². The number of hydrogen-bond acceptors (Lipinski definition) is 1. The largest absolute Gasteiger partial charge is 0.399 e. The Bertz CT molecular complexity index is 325. The molecule has 1 aliphatic rings. The highest BCUT2D eigenvalue weighted by Gasteiger charge is 2.51. The van der Waals surface area contributed by atoms with E-state index in [0.29, 0.717) is 18.5 Å². The number of hydrogen-bond donors (Lipinski definition) is 1. The van der Waals surface area contributed by atoms with Crippen molar-refractivity contribution in [3.8, 4) is 0 Å². The first-order chi connectivity index (χ1) is 6.48. The van der Waals surface area contributed by atoms with Gasteiger partial charge in [-0.05, 0) is 25.7 Å². The molecule has 1 unspecified atom stereocenters. The molecular formula is C9H11F3N2. The molecule has 14 heavy (non-hydrogen) atoms. The lowest BCUT2D eigenvalue weighted by Gasteiger charge is -2.17. The van der Waals surface area contributed by atoms with Crippen LogP contribution in [-0.4, -0.2) is 16.1 Å². The standard InChI is InChI=1S/C9H11F3N2/c1-5-4-13-8(14-5)7(6-2-3-6)9(10,11)12/h4,6-7H,2-3H2,1H3,(H,13,14). The number of alkyl halides is 3. The maximum Gasteiger partial charge on any atom is 0.399 e. The van der Waals surface area contributed by atoms with E-state index in [1.54, 1.807) is 6.92 Å². The van der Waals surface area contributed by atoms with Gasteiger partial charge in [0.25, 0.3) is 0 Å². The molecule has 1 fully saturated rings. The summed E-state index contributed by atoms with van der Waals surface area (Å²) >= 11 is 0. The predicted molar refractivity (Wildman–Crippen MR) is 44.8 cm³/mol. The molecule has 0 aliphatic heterocycles.